The molecule has 17 heavy (non-hydrogen) atoms. The Balaban J connectivity index is 4.58. The van der Waals surface area contributed by atoms with Gasteiger partial charge in [0.15, 0.2) is 0 Å². The lowest BCUT2D eigenvalue weighted by molar-refractivity contribution is -0.174. The van der Waals surface area contributed by atoms with Crippen LogP contribution in [0.15, 0.2) is 0 Å². The molecule has 0 aliphatic heterocycles. The number of amides is 1. The number of alkyl halides is 5. The van der Waals surface area contributed by atoms with E-state index in [1.807, 2.05) is 0 Å². The first kappa shape index (κ1) is 15.6. The smallest absolute Gasteiger partial charge is 0.471 e. The summed E-state index contributed by atoms with van der Waals surface area (Å²) in [5.41, 5.74) is -2.24. The lowest BCUT2D eigenvalue weighted by atomic mass is 9.87. The number of halogens is 5. The lowest BCUT2D eigenvalue weighted by Gasteiger charge is -2.27. The third kappa shape index (κ3) is 4.96. The highest BCUT2D eigenvalue weighted by atomic mass is 19.4. The SMILES string of the molecule is CC(CNC(=O)C(F)(F)F)(CC(=O)O)C(F)F. The average molecular weight is 263 g/mol. The summed E-state index contributed by atoms with van der Waals surface area (Å²) in [5, 5.41) is 9.60. The first-order chi connectivity index (χ1) is 7.49. The molecular formula is C8H10F5NO3. The summed E-state index contributed by atoms with van der Waals surface area (Å²) in [5.74, 6) is -3.97. The molecule has 1 atom stereocenters. The molecular weight excluding hydrogens is 253 g/mol. The second-order valence-electron chi connectivity index (χ2n) is 3.71. The molecule has 0 radical (unpaired) electrons. The van der Waals surface area contributed by atoms with Crippen LogP contribution in [0.3, 0.4) is 0 Å². The van der Waals surface area contributed by atoms with E-state index in [2.05, 4.69) is 0 Å². The largest absolute Gasteiger partial charge is 0.481 e. The van der Waals surface area contributed by atoms with Crippen LogP contribution in [-0.2, 0) is 9.59 Å². The number of carboxylic acids is 1. The fourth-order valence-electron chi connectivity index (χ4n) is 0.945. The van der Waals surface area contributed by atoms with E-state index in [9.17, 15) is 31.5 Å². The molecule has 1 unspecified atom stereocenters. The van der Waals surface area contributed by atoms with Gasteiger partial charge in [-0.3, -0.25) is 9.59 Å². The van der Waals surface area contributed by atoms with Gasteiger partial charge in [0.2, 0.25) is 6.43 Å². The van der Waals surface area contributed by atoms with Crippen molar-refractivity contribution in [1.29, 1.82) is 0 Å². The Kier molecular flexibility index (Phi) is 4.84. The molecule has 0 spiro atoms. The fraction of sp³-hybridized carbons (Fsp3) is 0.750. The minimum absolute atomic E-state index is 0.780. The molecule has 0 fully saturated rings. The highest BCUT2D eigenvalue weighted by Crippen LogP contribution is 2.29. The van der Waals surface area contributed by atoms with Gasteiger partial charge in [0.25, 0.3) is 0 Å². The molecule has 0 aromatic rings. The summed E-state index contributed by atoms with van der Waals surface area (Å²) in [6.07, 6.45) is -9.41. The fourth-order valence-corrected chi connectivity index (χ4v) is 0.945. The third-order valence-corrected chi connectivity index (χ3v) is 1.99. The van der Waals surface area contributed by atoms with Crippen LogP contribution in [0.4, 0.5) is 22.0 Å². The van der Waals surface area contributed by atoms with E-state index in [1.165, 1.54) is 5.32 Å². The zero-order valence-corrected chi connectivity index (χ0v) is 8.65. The highest BCUT2D eigenvalue weighted by molar-refractivity contribution is 5.81. The van der Waals surface area contributed by atoms with E-state index in [1.54, 1.807) is 0 Å². The molecule has 0 aliphatic carbocycles. The summed E-state index contributed by atoms with van der Waals surface area (Å²) in [6.45, 7) is -0.294. The number of rotatable bonds is 5. The predicted molar refractivity (Wildman–Crippen MR) is 45.4 cm³/mol. The molecule has 0 heterocycles. The van der Waals surface area contributed by atoms with E-state index in [-0.39, 0.29) is 0 Å². The third-order valence-electron chi connectivity index (χ3n) is 1.99. The molecule has 9 heteroatoms. The minimum Gasteiger partial charge on any atom is -0.481 e. The van der Waals surface area contributed by atoms with E-state index < -0.39 is 42.9 Å². The first-order valence-corrected chi connectivity index (χ1v) is 4.34. The second kappa shape index (κ2) is 5.28. The van der Waals surface area contributed by atoms with Crippen molar-refractivity contribution in [2.45, 2.75) is 25.9 Å². The molecule has 4 nitrogen and oxygen atoms in total. The molecule has 2 N–H and O–H groups in total. The molecule has 0 aromatic carbocycles. The van der Waals surface area contributed by atoms with Crippen molar-refractivity contribution in [3.63, 3.8) is 0 Å². The van der Waals surface area contributed by atoms with Gasteiger partial charge < -0.3 is 10.4 Å². The van der Waals surface area contributed by atoms with Crippen molar-refractivity contribution < 1.29 is 36.6 Å². The number of carbonyl (C=O) groups excluding carboxylic acids is 1. The van der Waals surface area contributed by atoms with Gasteiger partial charge in [-0.05, 0) is 0 Å². The summed E-state index contributed by atoms with van der Waals surface area (Å²) < 4.78 is 60.3. The van der Waals surface area contributed by atoms with Crippen LogP contribution in [0.2, 0.25) is 0 Å². The molecule has 0 aliphatic rings. The second-order valence-corrected chi connectivity index (χ2v) is 3.71. The molecule has 0 rings (SSSR count). The summed E-state index contributed by atoms with van der Waals surface area (Å²) >= 11 is 0. The van der Waals surface area contributed by atoms with Crippen LogP contribution in [0.1, 0.15) is 13.3 Å². The Morgan fingerprint density at radius 3 is 2.06 bits per heavy atom. The monoisotopic (exact) mass is 263 g/mol. The summed E-state index contributed by atoms with van der Waals surface area (Å²) in [6, 6.07) is 0. The van der Waals surface area contributed by atoms with Crippen LogP contribution in [0, 0.1) is 5.41 Å². The topological polar surface area (TPSA) is 66.4 Å². The maximum absolute atomic E-state index is 12.5. The maximum Gasteiger partial charge on any atom is 0.471 e. The van der Waals surface area contributed by atoms with Crippen LogP contribution in [0.5, 0.6) is 0 Å². The summed E-state index contributed by atoms with van der Waals surface area (Å²) in [7, 11) is 0. The molecule has 0 saturated carbocycles. The van der Waals surface area contributed by atoms with E-state index >= 15 is 0 Å². The number of hydrogen-bond acceptors (Lipinski definition) is 2. The zero-order valence-electron chi connectivity index (χ0n) is 8.65. The van der Waals surface area contributed by atoms with Gasteiger partial charge in [-0.15, -0.1) is 0 Å². The average Bonchev–Trinajstić information content (AvgIpc) is 2.11. The van der Waals surface area contributed by atoms with Gasteiger partial charge in [0, 0.05) is 6.54 Å². The van der Waals surface area contributed by atoms with Crippen LogP contribution >= 0.6 is 0 Å². The van der Waals surface area contributed by atoms with Gasteiger partial charge in [0.05, 0.1) is 11.8 Å². The van der Waals surface area contributed by atoms with Crippen molar-refractivity contribution in [2.75, 3.05) is 6.54 Å². The number of carbonyl (C=O) groups is 2. The Bertz CT molecular complexity index is 304. The zero-order chi connectivity index (χ0) is 13.9. The summed E-state index contributed by atoms with van der Waals surface area (Å²) in [4.78, 5) is 20.7. The molecule has 0 saturated heterocycles. The first-order valence-electron chi connectivity index (χ1n) is 4.34. The van der Waals surface area contributed by atoms with Crippen molar-refractivity contribution >= 4 is 11.9 Å². The number of aliphatic carboxylic acids is 1. The van der Waals surface area contributed by atoms with Gasteiger partial charge >= 0.3 is 18.1 Å². The minimum atomic E-state index is -5.19. The molecule has 0 aromatic heterocycles. The van der Waals surface area contributed by atoms with E-state index in [0.29, 0.717) is 0 Å². The number of nitrogens with one attached hydrogen (secondary N) is 1. The number of carboxylic acid groups (broad SMARTS) is 1. The van der Waals surface area contributed by atoms with Crippen molar-refractivity contribution in [1.82, 2.24) is 5.32 Å². The maximum atomic E-state index is 12.5. The highest BCUT2D eigenvalue weighted by Gasteiger charge is 2.42. The Morgan fingerprint density at radius 1 is 1.29 bits per heavy atom. The molecule has 0 bridgehead atoms. The Morgan fingerprint density at radius 2 is 1.76 bits per heavy atom. The van der Waals surface area contributed by atoms with Crippen LogP contribution in [-0.4, -0.2) is 36.1 Å². The van der Waals surface area contributed by atoms with E-state index in [4.69, 9.17) is 5.11 Å². The Hall–Kier alpha value is -1.41. The van der Waals surface area contributed by atoms with Crippen molar-refractivity contribution in [3.8, 4) is 0 Å². The van der Waals surface area contributed by atoms with Crippen molar-refractivity contribution in [3.05, 3.63) is 0 Å². The normalized spacial score (nSPS) is 15.5. The van der Waals surface area contributed by atoms with Crippen LogP contribution < -0.4 is 5.32 Å². The van der Waals surface area contributed by atoms with Crippen LogP contribution in [0.25, 0.3) is 0 Å². The number of hydrogen-bond donors (Lipinski definition) is 2. The lowest BCUT2D eigenvalue weighted by Crippen LogP contribution is -2.46. The quantitative estimate of drug-likeness (QED) is 0.737. The van der Waals surface area contributed by atoms with E-state index in [0.717, 1.165) is 6.92 Å². The van der Waals surface area contributed by atoms with Gasteiger partial charge in [-0.25, -0.2) is 8.78 Å². The molecule has 1 amide bonds. The van der Waals surface area contributed by atoms with Crippen molar-refractivity contribution in [2.24, 2.45) is 5.41 Å². The standard InChI is InChI=1S/C8H10F5NO3/c1-7(5(9)10,2-4(15)16)3-14-6(17)8(11,12)13/h5H,2-3H2,1H3,(H,14,17)(H,15,16). The predicted octanol–water partition coefficient (Wildman–Crippen LogP) is 1.41. The van der Waals surface area contributed by atoms with Gasteiger partial charge in [0.1, 0.15) is 0 Å². The molecule has 100 valence electrons. The Labute approximate surface area is 92.8 Å². The van der Waals surface area contributed by atoms with Gasteiger partial charge in [-0.1, -0.05) is 6.92 Å². The van der Waals surface area contributed by atoms with Gasteiger partial charge in [-0.2, -0.15) is 13.2 Å².